The molecule has 30 heavy (non-hydrogen) atoms. The fraction of sp³-hybridized carbons (Fsp3) is 0.0952. The number of fused-ring (bicyclic) bond motifs is 1. The number of aromatic nitrogens is 3. The molecule has 0 saturated heterocycles. The highest BCUT2D eigenvalue weighted by molar-refractivity contribution is 7.90. The topological polar surface area (TPSA) is 100 Å². The lowest BCUT2D eigenvalue weighted by Gasteiger charge is -2.12. The highest BCUT2D eigenvalue weighted by Crippen LogP contribution is 2.32. The molecule has 2 aromatic heterocycles. The van der Waals surface area contributed by atoms with E-state index in [0.29, 0.717) is 5.39 Å². The number of nitrogens with zero attached hydrogens (tertiary/aromatic N) is 3. The van der Waals surface area contributed by atoms with Crippen molar-refractivity contribution in [2.75, 3.05) is 7.11 Å². The number of esters is 1. The van der Waals surface area contributed by atoms with Gasteiger partial charge in [0.25, 0.3) is 10.0 Å². The molecule has 8 nitrogen and oxygen atoms in total. The Labute approximate surface area is 172 Å². The molecule has 4 aromatic rings. The number of ether oxygens (including phenoxy) is 1. The van der Waals surface area contributed by atoms with Gasteiger partial charge in [0.05, 0.1) is 23.1 Å². The zero-order chi connectivity index (χ0) is 21.5. The molecular weight excluding hydrogens is 406 g/mol. The van der Waals surface area contributed by atoms with E-state index in [2.05, 4.69) is 4.98 Å². The first-order valence-electron chi connectivity index (χ1n) is 8.92. The lowest BCUT2D eigenvalue weighted by atomic mass is 10.1. The van der Waals surface area contributed by atoms with Crippen LogP contribution in [0.3, 0.4) is 0 Å². The normalized spacial score (nSPS) is 11.5. The molecule has 0 spiro atoms. The molecule has 9 heteroatoms. The monoisotopic (exact) mass is 423 g/mol. The summed E-state index contributed by atoms with van der Waals surface area (Å²) in [6, 6.07) is 14.1. The Morgan fingerprint density at radius 2 is 1.67 bits per heavy atom. The van der Waals surface area contributed by atoms with Crippen molar-refractivity contribution in [3.05, 3.63) is 84.1 Å². The first kappa shape index (κ1) is 19.6. The van der Waals surface area contributed by atoms with E-state index >= 15 is 0 Å². The predicted octanol–water partition coefficient (Wildman–Crippen LogP) is 2.63. The fourth-order valence-corrected chi connectivity index (χ4v) is 4.91. The number of rotatable bonds is 5. The summed E-state index contributed by atoms with van der Waals surface area (Å²) in [5.74, 6) is -1.53. The van der Waals surface area contributed by atoms with Gasteiger partial charge in [-0.15, -0.1) is 0 Å². The number of para-hydroxylation sites is 1. The van der Waals surface area contributed by atoms with Gasteiger partial charge in [-0.3, -0.25) is 4.79 Å². The molecule has 0 amide bonds. The van der Waals surface area contributed by atoms with Gasteiger partial charge in [-0.05, 0) is 18.2 Å². The maximum Gasteiger partial charge on any atom is 0.340 e. The molecule has 0 aliphatic rings. The van der Waals surface area contributed by atoms with Crippen LogP contribution in [0.2, 0.25) is 0 Å². The smallest absolute Gasteiger partial charge is 0.340 e. The lowest BCUT2D eigenvalue weighted by molar-refractivity contribution is 0.0599. The van der Waals surface area contributed by atoms with Gasteiger partial charge in [-0.25, -0.2) is 22.2 Å². The zero-order valence-corrected chi connectivity index (χ0v) is 17.0. The Morgan fingerprint density at radius 3 is 2.30 bits per heavy atom. The first-order chi connectivity index (χ1) is 14.4. The Balaban J connectivity index is 2.16. The molecule has 0 fully saturated rings. The molecule has 0 atom stereocenters. The number of carbonyl (C=O) groups is 2. The number of imidazole rings is 1. The standard InChI is InChI=1S/C21H17N3O5S/c1-23-13-12-22-20(23)19(25)18-17(21(26)29-2)15-10-6-7-11-16(15)24(18)30(27,28)14-8-4-3-5-9-14/h3-13H,1-2H3. The number of carbonyl (C=O) groups excluding carboxylic acids is 2. The van der Waals surface area contributed by atoms with Crippen molar-refractivity contribution in [1.82, 2.24) is 13.5 Å². The minimum absolute atomic E-state index is 0.00697. The summed E-state index contributed by atoms with van der Waals surface area (Å²) in [5.41, 5.74) is -0.249. The van der Waals surface area contributed by atoms with Gasteiger partial charge in [0.2, 0.25) is 5.78 Å². The number of ketones is 1. The molecule has 4 rings (SSSR count). The first-order valence-corrected chi connectivity index (χ1v) is 10.4. The summed E-state index contributed by atoms with van der Waals surface area (Å²) in [6.07, 6.45) is 2.98. The summed E-state index contributed by atoms with van der Waals surface area (Å²) < 4.78 is 34.4. The SMILES string of the molecule is COC(=O)c1c(C(=O)c2nccn2C)n(S(=O)(=O)c2ccccc2)c2ccccc12. The Bertz CT molecular complexity index is 1380. The predicted molar refractivity (Wildman–Crippen MR) is 109 cm³/mol. The van der Waals surface area contributed by atoms with Crippen LogP contribution in [0.15, 0.2) is 71.9 Å². The Kier molecular flexibility index (Phi) is 4.75. The molecule has 2 heterocycles. The van der Waals surface area contributed by atoms with Gasteiger partial charge in [0.15, 0.2) is 5.82 Å². The maximum atomic E-state index is 13.6. The summed E-state index contributed by atoms with van der Waals surface area (Å²) >= 11 is 0. The summed E-state index contributed by atoms with van der Waals surface area (Å²) in [4.78, 5) is 30.2. The molecule has 0 bridgehead atoms. The van der Waals surface area contributed by atoms with Crippen molar-refractivity contribution in [1.29, 1.82) is 0 Å². The van der Waals surface area contributed by atoms with E-state index in [1.807, 2.05) is 0 Å². The van der Waals surface area contributed by atoms with Crippen molar-refractivity contribution >= 4 is 32.7 Å². The average Bonchev–Trinajstić information content (AvgIpc) is 3.34. The van der Waals surface area contributed by atoms with Crippen LogP contribution < -0.4 is 0 Å². The number of methoxy groups -OCH3 is 1. The third-order valence-electron chi connectivity index (χ3n) is 4.74. The quantitative estimate of drug-likeness (QED) is 0.361. The highest BCUT2D eigenvalue weighted by Gasteiger charge is 2.35. The van der Waals surface area contributed by atoms with E-state index in [9.17, 15) is 18.0 Å². The van der Waals surface area contributed by atoms with Crippen LogP contribution in [0.25, 0.3) is 10.9 Å². The number of hydrogen-bond acceptors (Lipinski definition) is 6. The van der Waals surface area contributed by atoms with E-state index in [0.717, 1.165) is 3.97 Å². The van der Waals surface area contributed by atoms with Crippen LogP contribution in [0.5, 0.6) is 0 Å². The maximum absolute atomic E-state index is 13.6. The summed E-state index contributed by atoms with van der Waals surface area (Å²) in [6.45, 7) is 0. The van der Waals surface area contributed by atoms with Gasteiger partial charge >= 0.3 is 5.97 Å². The van der Waals surface area contributed by atoms with E-state index in [-0.39, 0.29) is 27.5 Å². The van der Waals surface area contributed by atoms with E-state index < -0.39 is 21.8 Å². The van der Waals surface area contributed by atoms with Gasteiger partial charge < -0.3 is 9.30 Å². The average molecular weight is 423 g/mol. The van der Waals surface area contributed by atoms with Crippen LogP contribution in [-0.4, -0.2) is 40.8 Å². The second kappa shape index (κ2) is 7.27. The molecule has 0 unspecified atom stereocenters. The molecule has 152 valence electrons. The van der Waals surface area contributed by atoms with Crippen molar-refractivity contribution in [3.63, 3.8) is 0 Å². The molecule has 0 radical (unpaired) electrons. The van der Waals surface area contributed by atoms with Crippen LogP contribution in [0.4, 0.5) is 0 Å². The van der Waals surface area contributed by atoms with Gasteiger partial charge in [0, 0.05) is 24.8 Å². The molecular formula is C21H17N3O5S. The van der Waals surface area contributed by atoms with Crippen LogP contribution in [0, 0.1) is 0 Å². The Hall–Kier alpha value is -3.72. The molecule has 2 aromatic carbocycles. The minimum Gasteiger partial charge on any atom is -0.465 e. The fourth-order valence-electron chi connectivity index (χ4n) is 3.36. The summed E-state index contributed by atoms with van der Waals surface area (Å²) in [7, 11) is -1.43. The van der Waals surface area contributed by atoms with Gasteiger partial charge in [-0.2, -0.15) is 0 Å². The second-order valence-corrected chi connectivity index (χ2v) is 8.29. The van der Waals surface area contributed by atoms with Crippen molar-refractivity contribution in [3.8, 4) is 0 Å². The number of hydrogen-bond donors (Lipinski definition) is 0. The van der Waals surface area contributed by atoms with Crippen LogP contribution >= 0.6 is 0 Å². The number of benzene rings is 2. The minimum atomic E-state index is -4.22. The van der Waals surface area contributed by atoms with Crippen LogP contribution in [-0.2, 0) is 21.8 Å². The lowest BCUT2D eigenvalue weighted by Crippen LogP contribution is -2.23. The van der Waals surface area contributed by atoms with Gasteiger partial charge in [0.1, 0.15) is 5.69 Å². The van der Waals surface area contributed by atoms with Crippen molar-refractivity contribution < 1.29 is 22.7 Å². The Morgan fingerprint density at radius 1 is 1.00 bits per heavy atom. The number of aryl methyl sites for hydroxylation is 1. The molecule has 0 aliphatic carbocycles. The second-order valence-electron chi connectivity index (χ2n) is 6.51. The van der Waals surface area contributed by atoms with E-state index in [4.69, 9.17) is 4.74 Å². The third-order valence-corrected chi connectivity index (χ3v) is 6.47. The van der Waals surface area contributed by atoms with Crippen molar-refractivity contribution in [2.45, 2.75) is 4.90 Å². The molecule has 0 N–H and O–H groups in total. The third kappa shape index (κ3) is 2.91. The summed E-state index contributed by atoms with van der Waals surface area (Å²) in [5, 5.41) is 0.293. The zero-order valence-electron chi connectivity index (χ0n) is 16.1. The molecule has 0 aliphatic heterocycles. The van der Waals surface area contributed by atoms with Crippen molar-refractivity contribution in [2.24, 2.45) is 7.05 Å². The van der Waals surface area contributed by atoms with E-state index in [1.54, 1.807) is 49.6 Å². The van der Waals surface area contributed by atoms with Gasteiger partial charge in [-0.1, -0.05) is 36.4 Å². The highest BCUT2D eigenvalue weighted by atomic mass is 32.2. The largest absolute Gasteiger partial charge is 0.465 e. The molecule has 0 saturated carbocycles. The van der Waals surface area contributed by atoms with E-state index in [1.165, 1.54) is 36.1 Å². The van der Waals surface area contributed by atoms with Crippen LogP contribution in [0.1, 0.15) is 26.7 Å².